The number of halogens is 1. The first-order valence-electron chi connectivity index (χ1n) is 12.9. The molecule has 3 aromatic rings. The number of carbonyl (C=O) groups excluding carboxylic acids is 1. The number of aryl methyl sites for hydroxylation is 2. The number of carbonyl (C=O) groups is 1. The normalized spacial score (nSPS) is 17.9. The molecule has 2 aromatic carbocycles. The van der Waals surface area contributed by atoms with E-state index >= 15 is 0 Å². The summed E-state index contributed by atoms with van der Waals surface area (Å²) in [6.07, 6.45) is -1.27. The number of aromatic nitrogens is 1. The second kappa shape index (κ2) is 10.0. The van der Waals surface area contributed by atoms with E-state index in [1.54, 1.807) is 0 Å². The zero-order chi connectivity index (χ0) is 27.3. The van der Waals surface area contributed by atoms with Crippen molar-refractivity contribution in [1.82, 2.24) is 4.98 Å². The maximum absolute atomic E-state index is 13.5. The first-order chi connectivity index (χ1) is 17.1. The molecule has 196 valence electrons. The van der Waals surface area contributed by atoms with Gasteiger partial charge in [-0.2, -0.15) is 0 Å². The molecule has 2 heterocycles. The van der Waals surface area contributed by atoms with Crippen molar-refractivity contribution in [2.75, 3.05) is 0 Å². The maximum Gasteiger partial charge on any atom is 0.340 e. The van der Waals surface area contributed by atoms with Gasteiger partial charge in [0, 0.05) is 24.2 Å². The topological polar surface area (TPSA) is 48.4 Å². The number of pyridine rings is 1. The van der Waals surface area contributed by atoms with E-state index in [-0.39, 0.29) is 5.97 Å². The number of esters is 1. The highest BCUT2D eigenvalue weighted by molar-refractivity contribution is 6.76. The zero-order valence-corrected chi connectivity index (χ0v) is 25.2. The number of fused-ring (bicyclic) bond motifs is 1. The standard InChI is InChI=1S/C31H38ClNO3Si/c1-18-10-11-22(16-19(18)2)27-20(3)25(21-12-14-23(32)15-13-21)26-28(33-27)24(17-37(7,8)9)35-30(34)29(26)36-31(4,5)6/h10-16,24,29H,17H2,1-9H3/t24?,29-/m0/s1. The lowest BCUT2D eigenvalue weighted by molar-refractivity contribution is -0.176. The Morgan fingerprint density at radius 3 is 2.16 bits per heavy atom. The fourth-order valence-corrected chi connectivity index (χ4v) is 6.43. The van der Waals surface area contributed by atoms with E-state index in [0.29, 0.717) is 5.02 Å². The summed E-state index contributed by atoms with van der Waals surface area (Å²) in [6, 6.07) is 15.0. The summed E-state index contributed by atoms with van der Waals surface area (Å²) in [5.41, 5.74) is 8.44. The highest BCUT2D eigenvalue weighted by Gasteiger charge is 2.43. The smallest absolute Gasteiger partial charge is 0.340 e. The van der Waals surface area contributed by atoms with Crippen molar-refractivity contribution in [3.05, 3.63) is 75.4 Å². The van der Waals surface area contributed by atoms with Crippen molar-refractivity contribution >= 4 is 25.6 Å². The number of cyclic esters (lactones) is 1. The van der Waals surface area contributed by atoms with E-state index in [9.17, 15) is 4.79 Å². The third-order valence-corrected chi connectivity index (χ3v) is 8.58. The summed E-state index contributed by atoms with van der Waals surface area (Å²) in [4.78, 5) is 18.8. The van der Waals surface area contributed by atoms with Gasteiger partial charge < -0.3 is 9.47 Å². The van der Waals surface area contributed by atoms with Gasteiger partial charge in [-0.25, -0.2) is 9.78 Å². The van der Waals surface area contributed by atoms with Crippen LogP contribution in [-0.2, 0) is 14.3 Å². The summed E-state index contributed by atoms with van der Waals surface area (Å²) in [5, 5.41) is 0.664. The van der Waals surface area contributed by atoms with Crippen molar-refractivity contribution < 1.29 is 14.3 Å². The summed E-state index contributed by atoms with van der Waals surface area (Å²) in [6.45, 7) is 19.1. The van der Waals surface area contributed by atoms with Gasteiger partial charge in [-0.3, -0.25) is 0 Å². The minimum atomic E-state index is -1.62. The fourth-order valence-electron chi connectivity index (χ4n) is 4.91. The van der Waals surface area contributed by atoms with Crippen molar-refractivity contribution in [2.45, 2.75) is 85.0 Å². The largest absolute Gasteiger partial charge is 0.454 e. The third-order valence-electron chi connectivity index (χ3n) is 6.73. The van der Waals surface area contributed by atoms with Gasteiger partial charge in [0.15, 0.2) is 6.10 Å². The first-order valence-corrected chi connectivity index (χ1v) is 17.0. The molecule has 1 aliphatic heterocycles. The molecule has 4 rings (SSSR count). The van der Waals surface area contributed by atoms with Crippen LogP contribution in [0.4, 0.5) is 0 Å². The van der Waals surface area contributed by atoms with Crippen LogP contribution in [-0.4, -0.2) is 24.6 Å². The van der Waals surface area contributed by atoms with Crippen molar-refractivity contribution in [2.24, 2.45) is 0 Å². The van der Waals surface area contributed by atoms with E-state index < -0.39 is 25.9 Å². The second-order valence-corrected chi connectivity index (χ2v) is 18.3. The molecule has 0 spiro atoms. The fraction of sp³-hybridized carbons (Fsp3) is 0.419. The summed E-state index contributed by atoms with van der Waals surface area (Å²) in [5.74, 6) is -0.346. The van der Waals surface area contributed by atoms with Crippen molar-refractivity contribution in [3.63, 3.8) is 0 Å². The molecule has 0 amide bonds. The molecule has 0 fully saturated rings. The van der Waals surface area contributed by atoms with Crippen molar-refractivity contribution in [3.8, 4) is 22.4 Å². The Morgan fingerprint density at radius 2 is 1.59 bits per heavy atom. The molecule has 1 unspecified atom stereocenters. The Hall–Kier alpha value is -2.47. The molecule has 0 saturated heterocycles. The van der Waals surface area contributed by atoms with Gasteiger partial charge in [0.1, 0.15) is 6.10 Å². The lowest BCUT2D eigenvalue weighted by atomic mass is 9.86. The van der Waals surface area contributed by atoms with Crippen LogP contribution in [0.5, 0.6) is 0 Å². The first kappa shape index (κ1) is 27.6. The van der Waals surface area contributed by atoms with Crippen LogP contribution in [0.15, 0.2) is 42.5 Å². The summed E-state index contributed by atoms with van der Waals surface area (Å²) >= 11 is 6.27. The van der Waals surface area contributed by atoms with Crippen LogP contribution >= 0.6 is 11.6 Å². The minimum Gasteiger partial charge on any atom is -0.454 e. The molecule has 2 atom stereocenters. The van der Waals surface area contributed by atoms with E-state index in [0.717, 1.165) is 45.2 Å². The summed E-state index contributed by atoms with van der Waals surface area (Å²) < 4.78 is 12.5. The van der Waals surface area contributed by atoms with Gasteiger partial charge in [-0.1, -0.05) is 55.5 Å². The molecule has 0 radical (unpaired) electrons. The van der Waals surface area contributed by atoms with Crippen molar-refractivity contribution in [1.29, 1.82) is 0 Å². The molecule has 0 bridgehead atoms. The predicted molar refractivity (Wildman–Crippen MR) is 155 cm³/mol. The van der Waals surface area contributed by atoms with Crippen LogP contribution in [0.3, 0.4) is 0 Å². The van der Waals surface area contributed by atoms with Gasteiger partial charge >= 0.3 is 5.97 Å². The third kappa shape index (κ3) is 6.00. The molecular formula is C31H38ClNO3Si. The van der Waals surface area contributed by atoms with E-state index in [2.05, 4.69) is 58.6 Å². The lowest BCUT2D eigenvalue weighted by Crippen LogP contribution is -2.37. The molecule has 4 nitrogen and oxygen atoms in total. The quantitative estimate of drug-likeness (QED) is 0.242. The molecule has 1 aliphatic rings. The lowest BCUT2D eigenvalue weighted by Gasteiger charge is -2.37. The van der Waals surface area contributed by atoms with Crippen LogP contribution in [0, 0.1) is 20.8 Å². The zero-order valence-electron chi connectivity index (χ0n) is 23.5. The van der Waals surface area contributed by atoms with Gasteiger partial charge in [0.2, 0.25) is 0 Å². The number of hydrogen-bond acceptors (Lipinski definition) is 4. The van der Waals surface area contributed by atoms with E-state index in [1.165, 1.54) is 11.1 Å². The highest BCUT2D eigenvalue weighted by Crippen LogP contribution is 2.47. The number of ether oxygens (including phenoxy) is 2. The van der Waals surface area contributed by atoms with Gasteiger partial charge in [-0.05, 0) is 93.6 Å². The molecular weight excluding hydrogens is 498 g/mol. The van der Waals surface area contributed by atoms with E-state index in [1.807, 2.05) is 45.0 Å². The number of hydrogen-bond donors (Lipinski definition) is 0. The van der Waals surface area contributed by atoms with Crippen LogP contribution in [0.25, 0.3) is 22.4 Å². The minimum absolute atomic E-state index is 0.346. The molecule has 6 heteroatoms. The Balaban J connectivity index is 2.09. The molecule has 0 aliphatic carbocycles. The Labute approximate surface area is 227 Å². The average Bonchev–Trinajstić information content (AvgIpc) is 2.77. The van der Waals surface area contributed by atoms with Gasteiger partial charge in [-0.15, -0.1) is 0 Å². The predicted octanol–water partition coefficient (Wildman–Crippen LogP) is 8.79. The SMILES string of the molecule is Cc1ccc(-c2nc3c(c(-c4ccc(Cl)cc4)c2C)[C@H](OC(C)(C)C)C(=O)OC3C[Si](C)(C)C)cc1C. The summed E-state index contributed by atoms with van der Waals surface area (Å²) in [7, 11) is -1.62. The Kier molecular flexibility index (Phi) is 7.46. The molecule has 0 saturated carbocycles. The van der Waals surface area contributed by atoms with Crippen LogP contribution in [0.2, 0.25) is 30.7 Å². The van der Waals surface area contributed by atoms with Crippen LogP contribution < -0.4 is 0 Å². The number of benzene rings is 2. The molecule has 37 heavy (non-hydrogen) atoms. The molecule has 1 aromatic heterocycles. The van der Waals surface area contributed by atoms with Crippen LogP contribution in [0.1, 0.15) is 60.9 Å². The van der Waals surface area contributed by atoms with Gasteiger partial charge in [0.25, 0.3) is 0 Å². The van der Waals surface area contributed by atoms with Gasteiger partial charge in [0.05, 0.1) is 17.0 Å². The number of nitrogens with zero attached hydrogens (tertiary/aromatic N) is 1. The number of rotatable bonds is 5. The second-order valence-electron chi connectivity index (χ2n) is 12.4. The molecule has 0 N–H and O–H groups in total. The Morgan fingerprint density at radius 1 is 0.973 bits per heavy atom. The monoisotopic (exact) mass is 535 g/mol. The maximum atomic E-state index is 13.5. The van der Waals surface area contributed by atoms with E-state index in [4.69, 9.17) is 26.1 Å². The average molecular weight is 536 g/mol. The Bertz CT molecular complexity index is 1340. The highest BCUT2D eigenvalue weighted by atomic mass is 35.5.